The molecule has 2 nitrogen and oxygen atoms in total. The average Bonchev–Trinajstić information content (AvgIpc) is 2.80. The summed E-state index contributed by atoms with van der Waals surface area (Å²) in [6.07, 6.45) is 2.16. The second-order valence-electron chi connectivity index (χ2n) is 5.23. The summed E-state index contributed by atoms with van der Waals surface area (Å²) in [7, 11) is 0. The highest BCUT2D eigenvalue weighted by Gasteiger charge is 2.08. The molecule has 0 fully saturated rings. The lowest BCUT2D eigenvalue weighted by Crippen LogP contribution is -1.99. The minimum absolute atomic E-state index is 0.606. The number of para-hydroxylation sites is 1. The summed E-state index contributed by atoms with van der Waals surface area (Å²) < 4.78 is 2.37. The molecule has 3 rings (SSSR count). The molecule has 1 heterocycles. The second kappa shape index (κ2) is 5.14. The van der Waals surface area contributed by atoms with E-state index in [4.69, 9.17) is 5.73 Å². The molecule has 0 aliphatic carbocycles. The van der Waals surface area contributed by atoms with E-state index in [1.54, 1.807) is 0 Å². The Morgan fingerprint density at radius 1 is 1.10 bits per heavy atom. The van der Waals surface area contributed by atoms with Gasteiger partial charge in [0.05, 0.1) is 0 Å². The molecule has 0 saturated carbocycles. The van der Waals surface area contributed by atoms with Crippen LogP contribution in [0.5, 0.6) is 0 Å². The third-order valence-corrected chi connectivity index (χ3v) is 3.85. The fraction of sp³-hybridized carbons (Fsp3) is 0.222. The van der Waals surface area contributed by atoms with Crippen molar-refractivity contribution in [2.75, 3.05) is 6.54 Å². The van der Waals surface area contributed by atoms with E-state index in [2.05, 4.69) is 67.0 Å². The monoisotopic (exact) mass is 264 g/mol. The van der Waals surface area contributed by atoms with E-state index in [9.17, 15) is 0 Å². The first-order valence-electron chi connectivity index (χ1n) is 7.13. The van der Waals surface area contributed by atoms with E-state index in [0.717, 1.165) is 6.54 Å². The largest absolute Gasteiger partial charge is 0.341 e. The predicted molar refractivity (Wildman–Crippen MR) is 87.8 cm³/mol. The zero-order valence-electron chi connectivity index (χ0n) is 12.1. The Morgan fingerprint density at radius 2 is 1.85 bits per heavy atom. The summed E-state index contributed by atoms with van der Waals surface area (Å²) >= 11 is 0. The minimum atomic E-state index is 0.606. The normalized spacial score (nSPS) is 12.4. The first-order valence-corrected chi connectivity index (χ1v) is 7.13. The summed E-state index contributed by atoms with van der Waals surface area (Å²) in [5, 5.41) is 2.64. The molecule has 0 aliphatic rings. The fourth-order valence-corrected chi connectivity index (χ4v) is 2.85. The molecule has 0 amide bonds. The summed E-state index contributed by atoms with van der Waals surface area (Å²) in [5.41, 5.74) is 10.7. The molecule has 2 heteroatoms. The van der Waals surface area contributed by atoms with Crippen LogP contribution in [0.25, 0.3) is 27.9 Å². The summed E-state index contributed by atoms with van der Waals surface area (Å²) in [6.45, 7) is 5.85. The molecule has 2 aromatic carbocycles. The predicted octanol–water partition coefficient (Wildman–Crippen LogP) is 4.18. The third-order valence-electron chi connectivity index (χ3n) is 3.85. The van der Waals surface area contributed by atoms with Gasteiger partial charge in [-0.3, -0.25) is 0 Å². The van der Waals surface area contributed by atoms with Gasteiger partial charge in [-0.15, -0.1) is 0 Å². The zero-order valence-corrected chi connectivity index (χ0v) is 12.1. The van der Waals surface area contributed by atoms with Gasteiger partial charge >= 0.3 is 0 Å². The molecule has 0 radical (unpaired) electrons. The smallest absolute Gasteiger partial charge is 0.0491 e. The van der Waals surface area contributed by atoms with Gasteiger partial charge < -0.3 is 10.3 Å². The van der Waals surface area contributed by atoms with Gasteiger partial charge in [0.25, 0.3) is 0 Å². The van der Waals surface area contributed by atoms with Crippen molar-refractivity contribution in [2.45, 2.75) is 20.4 Å². The van der Waals surface area contributed by atoms with Gasteiger partial charge in [-0.05, 0) is 37.6 Å². The average molecular weight is 264 g/mol. The number of hydrogen-bond donors (Lipinski definition) is 1. The molecule has 1 aromatic heterocycles. The lowest BCUT2D eigenvalue weighted by Gasteiger charge is -2.03. The molecule has 0 bridgehead atoms. The Labute approximate surface area is 119 Å². The first kappa shape index (κ1) is 12.9. The van der Waals surface area contributed by atoms with E-state index in [-0.39, 0.29) is 0 Å². The second-order valence-corrected chi connectivity index (χ2v) is 5.23. The fourth-order valence-electron chi connectivity index (χ4n) is 2.85. The topological polar surface area (TPSA) is 30.9 Å². The molecule has 0 unspecified atom stereocenters. The van der Waals surface area contributed by atoms with E-state index >= 15 is 0 Å². The van der Waals surface area contributed by atoms with Crippen molar-refractivity contribution in [3.63, 3.8) is 0 Å². The van der Waals surface area contributed by atoms with Gasteiger partial charge in [-0.1, -0.05) is 35.9 Å². The Balaban J connectivity index is 2.31. The van der Waals surface area contributed by atoms with Crippen molar-refractivity contribution < 1.29 is 0 Å². The van der Waals surface area contributed by atoms with Crippen LogP contribution in [0.4, 0.5) is 0 Å². The van der Waals surface area contributed by atoms with Crippen LogP contribution in [0.2, 0.25) is 0 Å². The maximum absolute atomic E-state index is 5.68. The quantitative estimate of drug-likeness (QED) is 0.756. The Bertz CT molecular complexity index is 794. The SMILES string of the molecule is CCn1c2ccccc2c2cc(C=C(C)CN)ccc21. The lowest BCUT2D eigenvalue weighted by atomic mass is 10.1. The van der Waals surface area contributed by atoms with Crippen molar-refractivity contribution in [1.82, 2.24) is 4.57 Å². The number of nitrogens with zero attached hydrogens (tertiary/aromatic N) is 1. The van der Waals surface area contributed by atoms with Gasteiger partial charge in [0.1, 0.15) is 0 Å². The Hall–Kier alpha value is -2.06. The summed E-state index contributed by atoms with van der Waals surface area (Å²) in [6, 6.07) is 15.3. The molecule has 0 spiro atoms. The number of hydrogen-bond acceptors (Lipinski definition) is 1. The molecule has 3 aromatic rings. The highest BCUT2D eigenvalue weighted by molar-refractivity contribution is 6.08. The van der Waals surface area contributed by atoms with Gasteiger partial charge in [0, 0.05) is 34.9 Å². The summed E-state index contributed by atoms with van der Waals surface area (Å²) in [5.74, 6) is 0. The third kappa shape index (κ3) is 2.02. The number of nitrogens with two attached hydrogens (primary N) is 1. The van der Waals surface area contributed by atoms with Crippen LogP contribution in [0.15, 0.2) is 48.0 Å². The van der Waals surface area contributed by atoms with Crippen LogP contribution in [0, 0.1) is 0 Å². The molecule has 20 heavy (non-hydrogen) atoms. The Morgan fingerprint density at radius 3 is 2.60 bits per heavy atom. The standard InChI is InChI=1S/C18H20N2/c1-3-20-17-7-5-4-6-15(17)16-11-14(8-9-18(16)20)10-13(2)12-19/h4-11H,3,12,19H2,1-2H3. The maximum Gasteiger partial charge on any atom is 0.0491 e. The first-order chi connectivity index (χ1) is 9.74. The van der Waals surface area contributed by atoms with Crippen molar-refractivity contribution >= 4 is 27.9 Å². The number of fused-ring (bicyclic) bond motifs is 3. The van der Waals surface area contributed by atoms with Crippen molar-refractivity contribution in [2.24, 2.45) is 5.73 Å². The van der Waals surface area contributed by atoms with Crippen molar-refractivity contribution in [1.29, 1.82) is 0 Å². The van der Waals surface area contributed by atoms with Crippen LogP contribution in [-0.2, 0) is 6.54 Å². The van der Waals surface area contributed by atoms with Gasteiger partial charge in [0.15, 0.2) is 0 Å². The van der Waals surface area contributed by atoms with E-state index in [1.807, 2.05) is 0 Å². The van der Waals surface area contributed by atoms with Crippen molar-refractivity contribution in [3.05, 3.63) is 53.6 Å². The van der Waals surface area contributed by atoms with Gasteiger partial charge in [0.2, 0.25) is 0 Å². The molecule has 0 saturated heterocycles. The van der Waals surface area contributed by atoms with Crippen LogP contribution in [-0.4, -0.2) is 11.1 Å². The minimum Gasteiger partial charge on any atom is -0.341 e. The number of aryl methyl sites for hydroxylation is 1. The van der Waals surface area contributed by atoms with Gasteiger partial charge in [-0.25, -0.2) is 0 Å². The van der Waals surface area contributed by atoms with Crippen LogP contribution in [0.3, 0.4) is 0 Å². The van der Waals surface area contributed by atoms with E-state index in [0.29, 0.717) is 6.54 Å². The number of rotatable bonds is 3. The van der Waals surface area contributed by atoms with E-state index in [1.165, 1.54) is 32.9 Å². The highest BCUT2D eigenvalue weighted by Crippen LogP contribution is 2.30. The van der Waals surface area contributed by atoms with Gasteiger partial charge in [-0.2, -0.15) is 0 Å². The molecule has 0 atom stereocenters. The Kier molecular flexibility index (Phi) is 3.33. The molecular formula is C18H20N2. The summed E-state index contributed by atoms with van der Waals surface area (Å²) in [4.78, 5) is 0. The molecule has 2 N–H and O–H groups in total. The van der Waals surface area contributed by atoms with E-state index < -0.39 is 0 Å². The number of benzene rings is 2. The molecular weight excluding hydrogens is 244 g/mol. The lowest BCUT2D eigenvalue weighted by molar-refractivity contribution is 0.827. The molecule has 0 aliphatic heterocycles. The van der Waals surface area contributed by atoms with Crippen LogP contribution < -0.4 is 5.73 Å². The maximum atomic E-state index is 5.68. The highest BCUT2D eigenvalue weighted by atomic mass is 15.0. The molecule has 102 valence electrons. The zero-order chi connectivity index (χ0) is 14.1. The van der Waals surface area contributed by atoms with Crippen LogP contribution >= 0.6 is 0 Å². The van der Waals surface area contributed by atoms with Crippen LogP contribution in [0.1, 0.15) is 19.4 Å². The number of aromatic nitrogens is 1. The van der Waals surface area contributed by atoms with Crippen molar-refractivity contribution in [3.8, 4) is 0 Å².